The average Bonchev–Trinajstić information content (AvgIpc) is 2.83. The van der Waals surface area contributed by atoms with E-state index in [4.69, 9.17) is 4.74 Å². The van der Waals surface area contributed by atoms with Gasteiger partial charge in [-0.05, 0) is 64.5 Å². The third-order valence-electron chi connectivity index (χ3n) is 3.00. The number of halogens is 2. The first-order valence-corrected chi connectivity index (χ1v) is 8.87. The summed E-state index contributed by atoms with van der Waals surface area (Å²) >= 11 is 8.98. The topological polar surface area (TPSA) is 9.23 Å². The highest BCUT2D eigenvalue weighted by Gasteiger charge is 2.11. The molecular weight excluding hydrogens is 388 g/mol. The summed E-state index contributed by atoms with van der Waals surface area (Å²) in [5.74, 6) is 1.54. The van der Waals surface area contributed by atoms with E-state index in [9.17, 15) is 0 Å². The summed E-state index contributed by atoms with van der Waals surface area (Å²) in [7, 11) is 1.71. The van der Waals surface area contributed by atoms with E-state index in [1.165, 1.54) is 14.2 Å². The lowest BCUT2D eigenvalue weighted by atomic mass is 9.97. The van der Waals surface area contributed by atoms with Crippen molar-refractivity contribution in [2.75, 3.05) is 12.4 Å². The van der Waals surface area contributed by atoms with E-state index in [-0.39, 0.29) is 0 Å². The van der Waals surface area contributed by atoms with E-state index in [0.29, 0.717) is 5.92 Å². The van der Waals surface area contributed by atoms with Crippen LogP contribution in [0.3, 0.4) is 0 Å². The number of alkyl halides is 1. The molecule has 4 heteroatoms. The monoisotopic (exact) mass is 402 g/mol. The minimum absolute atomic E-state index is 0.609. The molecule has 0 fully saturated rings. The summed E-state index contributed by atoms with van der Waals surface area (Å²) in [5.41, 5.74) is 1.33. The summed E-state index contributed by atoms with van der Waals surface area (Å²) in [6.07, 6.45) is 2.18. The van der Waals surface area contributed by atoms with Crippen LogP contribution >= 0.6 is 43.2 Å². The second-order valence-electron chi connectivity index (χ2n) is 4.49. The van der Waals surface area contributed by atoms with Crippen molar-refractivity contribution < 1.29 is 4.74 Å². The summed E-state index contributed by atoms with van der Waals surface area (Å²) in [6.45, 7) is 0. The van der Waals surface area contributed by atoms with Crippen LogP contribution in [0.25, 0.3) is 0 Å². The van der Waals surface area contributed by atoms with Gasteiger partial charge >= 0.3 is 0 Å². The molecule has 0 saturated heterocycles. The Labute approximate surface area is 135 Å². The van der Waals surface area contributed by atoms with Crippen molar-refractivity contribution in [1.29, 1.82) is 0 Å². The lowest BCUT2D eigenvalue weighted by Gasteiger charge is -2.13. The number of ether oxygens (including phenoxy) is 1. The van der Waals surface area contributed by atoms with Crippen LogP contribution in [0.15, 0.2) is 40.2 Å². The molecule has 1 aromatic heterocycles. The standard InChI is InChI=1S/C15H16Br2OS/c1-18-13-4-2-3-11(8-13)7-12(10-16)9-14-5-6-15(17)19-14/h2-6,8,12H,7,9-10H2,1H3. The van der Waals surface area contributed by atoms with Gasteiger partial charge in [0.2, 0.25) is 0 Å². The number of benzene rings is 1. The van der Waals surface area contributed by atoms with Gasteiger partial charge in [0, 0.05) is 10.2 Å². The zero-order chi connectivity index (χ0) is 13.7. The van der Waals surface area contributed by atoms with Gasteiger partial charge in [0.15, 0.2) is 0 Å². The quantitative estimate of drug-likeness (QED) is 0.593. The van der Waals surface area contributed by atoms with Crippen molar-refractivity contribution >= 4 is 43.2 Å². The first-order chi connectivity index (χ1) is 9.21. The van der Waals surface area contributed by atoms with E-state index < -0.39 is 0 Å². The Balaban J connectivity index is 2.01. The van der Waals surface area contributed by atoms with Crippen molar-refractivity contribution in [1.82, 2.24) is 0 Å². The zero-order valence-corrected chi connectivity index (χ0v) is 14.7. The molecule has 0 aliphatic rings. The first kappa shape index (κ1) is 15.1. The predicted molar refractivity (Wildman–Crippen MR) is 89.7 cm³/mol. The maximum Gasteiger partial charge on any atom is 0.119 e. The van der Waals surface area contributed by atoms with E-state index in [1.54, 1.807) is 7.11 Å². The fraction of sp³-hybridized carbons (Fsp3) is 0.333. The van der Waals surface area contributed by atoms with Crippen molar-refractivity contribution in [2.45, 2.75) is 12.8 Å². The minimum atomic E-state index is 0.609. The van der Waals surface area contributed by atoms with E-state index in [0.717, 1.165) is 23.9 Å². The van der Waals surface area contributed by atoms with Crippen LogP contribution in [0.5, 0.6) is 5.75 Å². The molecule has 1 nitrogen and oxygen atoms in total. The van der Waals surface area contributed by atoms with Gasteiger partial charge in [-0.2, -0.15) is 0 Å². The molecule has 1 aromatic carbocycles. The molecule has 102 valence electrons. The molecule has 1 atom stereocenters. The fourth-order valence-electron chi connectivity index (χ4n) is 2.06. The molecule has 0 N–H and O–H groups in total. The van der Waals surface area contributed by atoms with Gasteiger partial charge < -0.3 is 4.74 Å². The second-order valence-corrected chi connectivity index (χ2v) is 7.68. The van der Waals surface area contributed by atoms with E-state index in [1.807, 2.05) is 17.4 Å². The Bertz CT molecular complexity index is 524. The largest absolute Gasteiger partial charge is 0.497 e. The number of hydrogen-bond acceptors (Lipinski definition) is 2. The third kappa shape index (κ3) is 4.62. The van der Waals surface area contributed by atoms with Crippen LogP contribution in [0.1, 0.15) is 10.4 Å². The number of methoxy groups -OCH3 is 1. The van der Waals surface area contributed by atoms with Crippen LogP contribution in [0.4, 0.5) is 0 Å². The highest BCUT2D eigenvalue weighted by Crippen LogP contribution is 2.26. The van der Waals surface area contributed by atoms with Gasteiger partial charge in [0.25, 0.3) is 0 Å². The van der Waals surface area contributed by atoms with Crippen LogP contribution < -0.4 is 4.74 Å². The lowest BCUT2D eigenvalue weighted by molar-refractivity contribution is 0.414. The molecule has 2 rings (SSSR count). The molecule has 0 aliphatic heterocycles. The molecule has 0 radical (unpaired) electrons. The molecule has 0 saturated carbocycles. The van der Waals surface area contributed by atoms with Gasteiger partial charge in [0.1, 0.15) is 5.75 Å². The van der Waals surface area contributed by atoms with E-state index >= 15 is 0 Å². The molecule has 0 bridgehead atoms. The fourth-order valence-corrected chi connectivity index (χ4v) is 4.12. The van der Waals surface area contributed by atoms with Crippen LogP contribution in [-0.2, 0) is 12.8 Å². The van der Waals surface area contributed by atoms with Gasteiger partial charge in [-0.3, -0.25) is 0 Å². The van der Waals surface area contributed by atoms with Gasteiger partial charge in [-0.25, -0.2) is 0 Å². The average molecular weight is 404 g/mol. The Morgan fingerprint density at radius 3 is 2.68 bits per heavy atom. The number of rotatable bonds is 6. The number of hydrogen-bond donors (Lipinski definition) is 0. The zero-order valence-electron chi connectivity index (χ0n) is 10.7. The molecule has 0 spiro atoms. The normalized spacial score (nSPS) is 12.4. The maximum atomic E-state index is 5.28. The molecular formula is C15H16Br2OS. The summed E-state index contributed by atoms with van der Waals surface area (Å²) < 4.78 is 6.48. The highest BCUT2D eigenvalue weighted by molar-refractivity contribution is 9.11. The summed E-state index contributed by atoms with van der Waals surface area (Å²) in [6, 6.07) is 12.7. The second kappa shape index (κ2) is 7.46. The SMILES string of the molecule is COc1cccc(CC(CBr)Cc2ccc(Br)s2)c1. The van der Waals surface area contributed by atoms with Crippen molar-refractivity contribution in [3.05, 3.63) is 50.6 Å². The molecule has 0 aliphatic carbocycles. The Morgan fingerprint density at radius 1 is 1.21 bits per heavy atom. The van der Waals surface area contributed by atoms with Gasteiger partial charge in [-0.1, -0.05) is 28.1 Å². The minimum Gasteiger partial charge on any atom is -0.497 e. The summed E-state index contributed by atoms with van der Waals surface area (Å²) in [4.78, 5) is 1.43. The predicted octanol–water partition coefficient (Wildman–Crippen LogP) is 5.32. The van der Waals surface area contributed by atoms with Crippen LogP contribution in [-0.4, -0.2) is 12.4 Å². The smallest absolute Gasteiger partial charge is 0.119 e. The Hall–Kier alpha value is -0.320. The van der Waals surface area contributed by atoms with Crippen molar-refractivity contribution in [3.63, 3.8) is 0 Å². The Morgan fingerprint density at radius 2 is 2.05 bits per heavy atom. The van der Waals surface area contributed by atoms with Crippen molar-refractivity contribution in [2.24, 2.45) is 5.92 Å². The van der Waals surface area contributed by atoms with Crippen LogP contribution in [0, 0.1) is 5.92 Å². The first-order valence-electron chi connectivity index (χ1n) is 6.14. The third-order valence-corrected chi connectivity index (χ3v) is 5.56. The van der Waals surface area contributed by atoms with Crippen LogP contribution in [0.2, 0.25) is 0 Å². The highest BCUT2D eigenvalue weighted by atomic mass is 79.9. The maximum absolute atomic E-state index is 5.28. The van der Waals surface area contributed by atoms with E-state index in [2.05, 4.69) is 62.2 Å². The molecule has 0 amide bonds. The molecule has 19 heavy (non-hydrogen) atoms. The van der Waals surface area contributed by atoms with Crippen molar-refractivity contribution in [3.8, 4) is 5.75 Å². The molecule has 2 aromatic rings. The molecule has 1 heterocycles. The lowest BCUT2D eigenvalue weighted by Crippen LogP contribution is -2.09. The van der Waals surface area contributed by atoms with Gasteiger partial charge in [0.05, 0.1) is 10.9 Å². The molecule has 1 unspecified atom stereocenters. The Kier molecular flexibility index (Phi) is 5.92. The summed E-state index contributed by atoms with van der Waals surface area (Å²) in [5, 5.41) is 1.01. The number of thiophene rings is 1. The van der Waals surface area contributed by atoms with Gasteiger partial charge in [-0.15, -0.1) is 11.3 Å².